The Hall–Kier alpha value is -2.08. The van der Waals surface area contributed by atoms with Gasteiger partial charge in [-0.25, -0.2) is 4.79 Å². The molecular weight excluding hydrogens is 260 g/mol. The van der Waals surface area contributed by atoms with Crippen LogP contribution in [0.3, 0.4) is 0 Å². The molecular formula is C14H20N2O4. The van der Waals surface area contributed by atoms with Gasteiger partial charge in [0.25, 0.3) is 0 Å². The highest BCUT2D eigenvalue weighted by atomic mass is 16.5. The summed E-state index contributed by atoms with van der Waals surface area (Å²) in [5, 5.41) is 11.5. The van der Waals surface area contributed by atoms with Crippen molar-refractivity contribution in [1.29, 1.82) is 0 Å². The van der Waals surface area contributed by atoms with Crippen LogP contribution >= 0.6 is 0 Å². The molecule has 2 amide bonds. The zero-order valence-corrected chi connectivity index (χ0v) is 11.8. The van der Waals surface area contributed by atoms with Crippen molar-refractivity contribution in [3.05, 3.63) is 29.8 Å². The maximum Gasteiger partial charge on any atom is 0.323 e. The van der Waals surface area contributed by atoms with Gasteiger partial charge in [0.15, 0.2) is 0 Å². The van der Waals surface area contributed by atoms with E-state index in [0.717, 1.165) is 12.0 Å². The summed E-state index contributed by atoms with van der Waals surface area (Å²) in [7, 11) is 1.50. The number of ether oxygens (including phenoxy) is 1. The normalized spacial score (nSPS) is 10.1. The smallest absolute Gasteiger partial charge is 0.323 e. The molecule has 0 heterocycles. The average molecular weight is 280 g/mol. The van der Waals surface area contributed by atoms with Crippen LogP contribution < -0.4 is 5.32 Å². The SMILES string of the molecule is CCc1cccc(NC(=O)N(CCOC)CC(=O)O)c1. The second kappa shape index (κ2) is 8.16. The molecule has 0 aliphatic heterocycles. The van der Waals surface area contributed by atoms with Gasteiger partial charge in [0, 0.05) is 19.3 Å². The second-order valence-electron chi connectivity index (χ2n) is 4.29. The van der Waals surface area contributed by atoms with E-state index in [4.69, 9.17) is 9.84 Å². The van der Waals surface area contributed by atoms with Crippen molar-refractivity contribution in [3.8, 4) is 0 Å². The Labute approximate surface area is 118 Å². The lowest BCUT2D eigenvalue weighted by Gasteiger charge is -2.21. The zero-order chi connectivity index (χ0) is 15.0. The Bertz CT molecular complexity index is 462. The number of anilines is 1. The molecule has 20 heavy (non-hydrogen) atoms. The van der Waals surface area contributed by atoms with Gasteiger partial charge in [0.2, 0.25) is 0 Å². The monoisotopic (exact) mass is 280 g/mol. The van der Waals surface area contributed by atoms with E-state index in [0.29, 0.717) is 5.69 Å². The number of carboxylic acids is 1. The average Bonchev–Trinajstić information content (AvgIpc) is 2.43. The fourth-order valence-electron chi connectivity index (χ4n) is 1.69. The first-order valence-electron chi connectivity index (χ1n) is 6.42. The maximum atomic E-state index is 12.0. The van der Waals surface area contributed by atoms with Crippen LogP contribution in [0.25, 0.3) is 0 Å². The van der Waals surface area contributed by atoms with Gasteiger partial charge in [-0.2, -0.15) is 0 Å². The number of carboxylic acid groups (broad SMARTS) is 1. The third kappa shape index (κ3) is 5.27. The molecule has 1 aromatic carbocycles. The number of carbonyl (C=O) groups excluding carboxylic acids is 1. The molecule has 0 aliphatic rings. The van der Waals surface area contributed by atoms with Gasteiger partial charge in [0.05, 0.1) is 6.61 Å². The van der Waals surface area contributed by atoms with Gasteiger partial charge < -0.3 is 20.1 Å². The standard InChI is InChI=1S/C14H20N2O4/c1-3-11-5-4-6-12(9-11)15-14(19)16(7-8-20-2)10-13(17)18/h4-6,9H,3,7-8,10H2,1-2H3,(H,15,19)(H,17,18). The summed E-state index contributed by atoms with van der Waals surface area (Å²) in [5.74, 6) is -1.06. The zero-order valence-electron chi connectivity index (χ0n) is 11.8. The summed E-state index contributed by atoms with van der Waals surface area (Å²) < 4.78 is 4.88. The van der Waals surface area contributed by atoms with E-state index in [1.165, 1.54) is 12.0 Å². The van der Waals surface area contributed by atoms with Crippen molar-refractivity contribution in [1.82, 2.24) is 4.90 Å². The molecule has 0 radical (unpaired) electrons. The van der Waals surface area contributed by atoms with E-state index in [9.17, 15) is 9.59 Å². The molecule has 6 nitrogen and oxygen atoms in total. The first-order chi connectivity index (χ1) is 9.56. The number of urea groups is 1. The number of benzene rings is 1. The van der Waals surface area contributed by atoms with Crippen LogP contribution in [0.1, 0.15) is 12.5 Å². The summed E-state index contributed by atoms with van der Waals surface area (Å²) >= 11 is 0. The predicted molar refractivity (Wildman–Crippen MR) is 75.9 cm³/mol. The topological polar surface area (TPSA) is 78.9 Å². The Balaban J connectivity index is 2.70. The molecule has 0 saturated heterocycles. The molecule has 0 saturated carbocycles. The number of rotatable bonds is 7. The van der Waals surface area contributed by atoms with E-state index >= 15 is 0 Å². The fraction of sp³-hybridized carbons (Fsp3) is 0.429. The number of hydrogen-bond donors (Lipinski definition) is 2. The summed E-state index contributed by atoms with van der Waals surface area (Å²) in [4.78, 5) is 24.0. The van der Waals surface area contributed by atoms with E-state index in [1.807, 2.05) is 25.1 Å². The van der Waals surface area contributed by atoms with Crippen molar-refractivity contribution in [2.24, 2.45) is 0 Å². The van der Waals surface area contributed by atoms with Crippen LogP contribution in [0, 0.1) is 0 Å². The summed E-state index contributed by atoms with van der Waals surface area (Å²) in [5.41, 5.74) is 1.76. The largest absolute Gasteiger partial charge is 0.480 e. The first-order valence-corrected chi connectivity index (χ1v) is 6.42. The van der Waals surface area contributed by atoms with Crippen LogP contribution in [-0.2, 0) is 16.0 Å². The summed E-state index contributed by atoms with van der Waals surface area (Å²) in [6, 6.07) is 7.01. The Kier molecular flexibility index (Phi) is 6.52. The Morgan fingerprint density at radius 3 is 2.75 bits per heavy atom. The third-order valence-electron chi connectivity index (χ3n) is 2.77. The van der Waals surface area contributed by atoms with Crippen molar-refractivity contribution in [2.45, 2.75) is 13.3 Å². The molecule has 1 rings (SSSR count). The van der Waals surface area contributed by atoms with E-state index in [-0.39, 0.29) is 19.7 Å². The number of carbonyl (C=O) groups is 2. The molecule has 0 spiro atoms. The number of amides is 2. The van der Waals surface area contributed by atoms with E-state index in [1.54, 1.807) is 6.07 Å². The lowest BCUT2D eigenvalue weighted by molar-refractivity contribution is -0.137. The highest BCUT2D eigenvalue weighted by Crippen LogP contribution is 2.11. The van der Waals surface area contributed by atoms with E-state index < -0.39 is 12.0 Å². The van der Waals surface area contributed by atoms with Gasteiger partial charge in [-0.3, -0.25) is 4.79 Å². The van der Waals surface area contributed by atoms with Crippen molar-refractivity contribution >= 4 is 17.7 Å². The lowest BCUT2D eigenvalue weighted by atomic mass is 10.1. The minimum absolute atomic E-state index is 0.224. The lowest BCUT2D eigenvalue weighted by Crippen LogP contribution is -2.40. The molecule has 0 bridgehead atoms. The van der Waals surface area contributed by atoms with Gasteiger partial charge in [-0.15, -0.1) is 0 Å². The summed E-state index contributed by atoms with van der Waals surface area (Å²) in [6.45, 7) is 2.18. The Morgan fingerprint density at radius 2 is 2.15 bits per heavy atom. The minimum Gasteiger partial charge on any atom is -0.480 e. The molecule has 2 N–H and O–H groups in total. The van der Waals surface area contributed by atoms with E-state index in [2.05, 4.69) is 5.32 Å². The number of methoxy groups -OCH3 is 1. The molecule has 0 aromatic heterocycles. The maximum absolute atomic E-state index is 12.0. The first kappa shape index (κ1) is 16.0. The van der Waals surface area contributed by atoms with Gasteiger partial charge in [-0.1, -0.05) is 19.1 Å². The number of hydrogen-bond acceptors (Lipinski definition) is 3. The number of nitrogens with zero attached hydrogens (tertiary/aromatic N) is 1. The number of aliphatic carboxylic acids is 1. The summed E-state index contributed by atoms with van der Waals surface area (Å²) in [6.07, 6.45) is 0.867. The quantitative estimate of drug-likeness (QED) is 0.798. The molecule has 1 aromatic rings. The molecule has 0 atom stereocenters. The highest BCUT2D eigenvalue weighted by Gasteiger charge is 2.16. The van der Waals surface area contributed by atoms with Crippen molar-refractivity contribution in [3.63, 3.8) is 0 Å². The number of aryl methyl sites for hydroxylation is 1. The van der Waals surface area contributed by atoms with Crippen molar-refractivity contribution < 1.29 is 19.4 Å². The van der Waals surface area contributed by atoms with Gasteiger partial charge >= 0.3 is 12.0 Å². The molecule has 6 heteroatoms. The van der Waals surface area contributed by atoms with Crippen LogP contribution in [0.2, 0.25) is 0 Å². The van der Waals surface area contributed by atoms with Crippen LogP contribution in [0.15, 0.2) is 24.3 Å². The minimum atomic E-state index is -1.06. The van der Waals surface area contributed by atoms with Crippen molar-refractivity contribution in [2.75, 3.05) is 32.1 Å². The highest BCUT2D eigenvalue weighted by molar-refractivity contribution is 5.91. The second-order valence-corrected chi connectivity index (χ2v) is 4.29. The van der Waals surface area contributed by atoms with Crippen LogP contribution in [-0.4, -0.2) is 48.8 Å². The fourth-order valence-corrected chi connectivity index (χ4v) is 1.69. The predicted octanol–water partition coefficient (Wildman–Crippen LogP) is 1.81. The van der Waals surface area contributed by atoms with Crippen LogP contribution in [0.4, 0.5) is 10.5 Å². The van der Waals surface area contributed by atoms with Crippen LogP contribution in [0.5, 0.6) is 0 Å². The number of nitrogens with one attached hydrogen (secondary N) is 1. The molecule has 0 fully saturated rings. The molecule has 0 unspecified atom stereocenters. The van der Waals surface area contributed by atoms with Gasteiger partial charge in [-0.05, 0) is 24.1 Å². The Morgan fingerprint density at radius 1 is 1.40 bits per heavy atom. The van der Waals surface area contributed by atoms with Gasteiger partial charge in [0.1, 0.15) is 6.54 Å². The third-order valence-corrected chi connectivity index (χ3v) is 2.77. The molecule has 0 aliphatic carbocycles. The molecule has 110 valence electrons.